The van der Waals surface area contributed by atoms with Gasteiger partial charge in [0, 0.05) is 23.5 Å². The second-order valence-electron chi connectivity index (χ2n) is 4.30. The summed E-state index contributed by atoms with van der Waals surface area (Å²) >= 11 is 3.28. The lowest BCUT2D eigenvalue weighted by Crippen LogP contribution is -2.07. The van der Waals surface area contributed by atoms with Crippen molar-refractivity contribution in [3.63, 3.8) is 0 Å². The predicted molar refractivity (Wildman–Crippen MR) is 79.9 cm³/mol. The molecule has 1 N–H and O–H groups in total. The zero-order chi connectivity index (χ0) is 15.1. The molecular weight excluding hydrogens is 328 g/mol. The number of carbonyl (C=O) groups is 1. The van der Waals surface area contributed by atoms with E-state index in [1.54, 1.807) is 19.1 Å². The van der Waals surface area contributed by atoms with Crippen molar-refractivity contribution in [2.75, 3.05) is 18.5 Å². The Labute approximate surface area is 125 Å². The highest BCUT2D eigenvalue weighted by atomic mass is 79.9. The molecular formula is C13H17BrN2O4. The van der Waals surface area contributed by atoms with Gasteiger partial charge in [-0.05, 0) is 31.9 Å². The smallest absolute Gasteiger partial charge is 0.302 e. The largest absolute Gasteiger partial charge is 0.466 e. The molecule has 0 amide bonds. The molecule has 0 unspecified atom stereocenters. The van der Waals surface area contributed by atoms with Gasteiger partial charge in [-0.25, -0.2) is 0 Å². The SMILES string of the molecule is CC(=O)OCCCCNc1ccc(Br)c(C)c1[N+](=O)[O-]. The van der Waals surface area contributed by atoms with Gasteiger partial charge < -0.3 is 10.1 Å². The maximum Gasteiger partial charge on any atom is 0.302 e. The number of rotatable bonds is 7. The number of hydrogen-bond donors (Lipinski definition) is 1. The molecule has 0 atom stereocenters. The maximum absolute atomic E-state index is 11.1. The zero-order valence-corrected chi connectivity index (χ0v) is 13.0. The number of benzene rings is 1. The number of carbonyl (C=O) groups excluding carboxylic acids is 1. The molecule has 1 aromatic rings. The molecule has 0 bridgehead atoms. The molecule has 0 aliphatic rings. The van der Waals surface area contributed by atoms with Crippen LogP contribution >= 0.6 is 15.9 Å². The number of nitrogens with zero attached hydrogens (tertiary/aromatic N) is 1. The summed E-state index contributed by atoms with van der Waals surface area (Å²) in [7, 11) is 0. The Morgan fingerprint density at radius 3 is 2.75 bits per heavy atom. The van der Waals surface area contributed by atoms with E-state index in [0.29, 0.717) is 28.9 Å². The van der Waals surface area contributed by atoms with Crippen molar-refractivity contribution in [1.29, 1.82) is 0 Å². The third-order valence-electron chi connectivity index (χ3n) is 2.74. The van der Waals surface area contributed by atoms with Gasteiger partial charge in [-0.1, -0.05) is 15.9 Å². The van der Waals surface area contributed by atoms with Crippen LogP contribution in [0, 0.1) is 17.0 Å². The van der Waals surface area contributed by atoms with Gasteiger partial charge in [-0.2, -0.15) is 0 Å². The molecule has 110 valence electrons. The molecule has 6 nitrogen and oxygen atoms in total. The van der Waals surface area contributed by atoms with E-state index < -0.39 is 0 Å². The van der Waals surface area contributed by atoms with Gasteiger partial charge in [-0.15, -0.1) is 0 Å². The molecule has 20 heavy (non-hydrogen) atoms. The van der Waals surface area contributed by atoms with Crippen molar-refractivity contribution in [3.8, 4) is 0 Å². The van der Waals surface area contributed by atoms with Crippen LogP contribution in [0.15, 0.2) is 16.6 Å². The lowest BCUT2D eigenvalue weighted by atomic mass is 10.1. The predicted octanol–water partition coefficient (Wildman–Crippen LogP) is 3.42. The van der Waals surface area contributed by atoms with Gasteiger partial charge in [0.15, 0.2) is 0 Å². The summed E-state index contributed by atoms with van der Waals surface area (Å²) in [5.74, 6) is -0.294. The molecule has 0 aliphatic heterocycles. The van der Waals surface area contributed by atoms with Crippen LogP contribution in [-0.4, -0.2) is 24.0 Å². The fraction of sp³-hybridized carbons (Fsp3) is 0.462. The van der Waals surface area contributed by atoms with Gasteiger partial charge in [0.2, 0.25) is 0 Å². The van der Waals surface area contributed by atoms with Crippen molar-refractivity contribution < 1.29 is 14.5 Å². The first-order valence-electron chi connectivity index (χ1n) is 6.24. The zero-order valence-electron chi connectivity index (χ0n) is 11.4. The van der Waals surface area contributed by atoms with Gasteiger partial charge in [0.05, 0.1) is 11.5 Å². The average Bonchev–Trinajstić information content (AvgIpc) is 2.36. The highest BCUT2D eigenvalue weighted by molar-refractivity contribution is 9.10. The van der Waals surface area contributed by atoms with Crippen molar-refractivity contribution in [3.05, 3.63) is 32.3 Å². The summed E-state index contributed by atoms with van der Waals surface area (Å²) in [5, 5.41) is 14.1. The van der Waals surface area contributed by atoms with Crippen molar-refractivity contribution in [2.24, 2.45) is 0 Å². The van der Waals surface area contributed by atoms with E-state index in [0.717, 1.165) is 12.8 Å². The maximum atomic E-state index is 11.1. The molecule has 0 spiro atoms. The fourth-order valence-corrected chi connectivity index (χ4v) is 2.04. The van der Waals surface area contributed by atoms with Crippen LogP contribution in [0.25, 0.3) is 0 Å². The van der Waals surface area contributed by atoms with Crippen molar-refractivity contribution in [2.45, 2.75) is 26.7 Å². The minimum absolute atomic E-state index is 0.0827. The Balaban J connectivity index is 2.54. The van der Waals surface area contributed by atoms with E-state index in [9.17, 15) is 14.9 Å². The fourth-order valence-electron chi connectivity index (χ4n) is 1.72. The molecule has 0 saturated heterocycles. The van der Waals surface area contributed by atoms with Crippen LogP contribution < -0.4 is 5.32 Å². The number of esters is 1. The number of hydrogen-bond acceptors (Lipinski definition) is 5. The number of nitro groups is 1. The Morgan fingerprint density at radius 1 is 1.45 bits per heavy atom. The first-order chi connectivity index (χ1) is 9.43. The number of anilines is 1. The van der Waals surface area contributed by atoms with Crippen LogP contribution in [0.3, 0.4) is 0 Å². The molecule has 1 aromatic carbocycles. The monoisotopic (exact) mass is 344 g/mol. The highest BCUT2D eigenvalue weighted by Gasteiger charge is 2.18. The van der Waals surface area contributed by atoms with E-state index >= 15 is 0 Å². The summed E-state index contributed by atoms with van der Waals surface area (Å²) in [6.07, 6.45) is 1.48. The Morgan fingerprint density at radius 2 is 2.15 bits per heavy atom. The molecule has 0 aromatic heterocycles. The van der Waals surface area contributed by atoms with Crippen LogP contribution in [0.4, 0.5) is 11.4 Å². The minimum Gasteiger partial charge on any atom is -0.466 e. The summed E-state index contributed by atoms with van der Waals surface area (Å²) in [6.45, 7) is 4.03. The molecule has 0 fully saturated rings. The van der Waals surface area contributed by atoms with E-state index in [1.165, 1.54) is 6.92 Å². The Hall–Kier alpha value is -1.63. The van der Waals surface area contributed by atoms with E-state index in [-0.39, 0.29) is 16.6 Å². The van der Waals surface area contributed by atoms with Crippen LogP contribution in [0.5, 0.6) is 0 Å². The number of unbranched alkanes of at least 4 members (excludes halogenated alkanes) is 1. The lowest BCUT2D eigenvalue weighted by Gasteiger charge is -2.09. The minimum atomic E-state index is -0.388. The number of ether oxygens (including phenoxy) is 1. The summed E-state index contributed by atoms with van der Waals surface area (Å²) in [5.41, 5.74) is 1.18. The van der Waals surface area contributed by atoms with E-state index in [2.05, 4.69) is 21.2 Å². The normalized spacial score (nSPS) is 10.2. The van der Waals surface area contributed by atoms with Crippen molar-refractivity contribution in [1.82, 2.24) is 0 Å². The summed E-state index contributed by atoms with van der Waals surface area (Å²) in [6, 6.07) is 3.46. The second-order valence-corrected chi connectivity index (χ2v) is 5.15. The highest BCUT2D eigenvalue weighted by Crippen LogP contribution is 2.33. The number of nitrogens with one attached hydrogen (secondary N) is 1. The number of halogens is 1. The van der Waals surface area contributed by atoms with Crippen molar-refractivity contribution >= 4 is 33.3 Å². The molecule has 1 rings (SSSR count). The molecule has 7 heteroatoms. The van der Waals surface area contributed by atoms with Gasteiger partial charge in [0.1, 0.15) is 5.69 Å². The molecule has 0 heterocycles. The Bertz CT molecular complexity index is 505. The van der Waals surface area contributed by atoms with Gasteiger partial charge in [0.25, 0.3) is 5.69 Å². The second kappa shape index (κ2) is 7.84. The van der Waals surface area contributed by atoms with Crippen LogP contribution in [0.1, 0.15) is 25.3 Å². The third-order valence-corrected chi connectivity index (χ3v) is 3.60. The Kier molecular flexibility index (Phi) is 6.44. The third kappa shape index (κ3) is 4.80. The topological polar surface area (TPSA) is 81.5 Å². The quantitative estimate of drug-likeness (QED) is 0.354. The summed E-state index contributed by atoms with van der Waals surface area (Å²) < 4.78 is 5.52. The van der Waals surface area contributed by atoms with E-state index in [4.69, 9.17) is 4.74 Å². The van der Waals surface area contributed by atoms with Crippen LogP contribution in [0.2, 0.25) is 0 Å². The first kappa shape index (κ1) is 16.4. The summed E-state index contributed by atoms with van der Waals surface area (Å²) in [4.78, 5) is 21.3. The van der Waals surface area contributed by atoms with Crippen LogP contribution in [-0.2, 0) is 9.53 Å². The van der Waals surface area contributed by atoms with Gasteiger partial charge >= 0.3 is 5.97 Å². The average molecular weight is 345 g/mol. The van der Waals surface area contributed by atoms with E-state index in [1.807, 2.05) is 0 Å². The standard InChI is InChI=1S/C13H17BrN2O4/c1-9-11(14)5-6-12(13(9)16(18)19)15-7-3-4-8-20-10(2)17/h5-6,15H,3-4,7-8H2,1-2H3. The number of nitro benzene ring substituents is 1. The first-order valence-corrected chi connectivity index (χ1v) is 7.03. The molecule has 0 aliphatic carbocycles. The lowest BCUT2D eigenvalue weighted by molar-refractivity contribution is -0.384. The van der Waals surface area contributed by atoms with Gasteiger partial charge in [-0.3, -0.25) is 14.9 Å². The molecule has 0 radical (unpaired) electrons. The molecule has 0 saturated carbocycles.